The van der Waals surface area contributed by atoms with Gasteiger partial charge in [-0.1, -0.05) is 200 Å². The minimum atomic E-state index is 1.10. The lowest BCUT2D eigenvalue weighted by atomic mass is 9.92. The highest BCUT2D eigenvalue weighted by Gasteiger charge is 2.26. The third-order valence-electron chi connectivity index (χ3n) is 11.8. The molecule has 2 heteroatoms. The van der Waals surface area contributed by atoms with Gasteiger partial charge in [-0.15, -0.1) is 0 Å². The van der Waals surface area contributed by atoms with Gasteiger partial charge >= 0.3 is 0 Å². The van der Waals surface area contributed by atoms with Crippen LogP contribution in [0.5, 0.6) is 0 Å². The molecule has 0 saturated carbocycles. The van der Waals surface area contributed by atoms with E-state index in [-0.39, 0.29) is 0 Å². The van der Waals surface area contributed by atoms with E-state index in [9.17, 15) is 0 Å². The molecule has 0 aliphatic carbocycles. The van der Waals surface area contributed by atoms with Crippen molar-refractivity contribution in [3.05, 3.63) is 243 Å². The van der Waals surface area contributed by atoms with E-state index in [1.807, 2.05) is 0 Å². The maximum absolute atomic E-state index is 2.51. The monoisotopic (exact) mass is 764 g/mol. The number of nitrogens with zero attached hydrogens (tertiary/aromatic N) is 2. The average Bonchev–Trinajstić information content (AvgIpc) is 3.67. The highest BCUT2D eigenvalue weighted by molar-refractivity contribution is 6.18. The van der Waals surface area contributed by atoms with E-state index in [1.54, 1.807) is 0 Å². The molecule has 11 rings (SSSR count). The molecule has 60 heavy (non-hydrogen) atoms. The summed E-state index contributed by atoms with van der Waals surface area (Å²) >= 11 is 0. The molecular formula is C58H40N2. The Morgan fingerprint density at radius 1 is 0.283 bits per heavy atom. The second-order valence-electron chi connectivity index (χ2n) is 15.3. The highest BCUT2D eigenvalue weighted by Crippen LogP contribution is 2.50. The van der Waals surface area contributed by atoms with Crippen LogP contribution in [0.15, 0.2) is 243 Å². The minimum absolute atomic E-state index is 1.10. The fourth-order valence-corrected chi connectivity index (χ4v) is 9.12. The Balaban J connectivity index is 1.21. The van der Waals surface area contributed by atoms with Crippen molar-refractivity contribution in [1.29, 1.82) is 0 Å². The van der Waals surface area contributed by atoms with Crippen molar-refractivity contribution in [2.24, 2.45) is 0 Å². The molecule has 0 spiro atoms. The SMILES string of the molecule is c1ccc(-c2ccccc2-c2ccccc2N(c2ccccc2-c2ccccc2)c2cccc3c2c2ccccc2n3-c2ccccc2-c2ccc3ccccc3c2)cc1. The molecule has 0 unspecified atom stereocenters. The van der Waals surface area contributed by atoms with Crippen LogP contribution in [0.4, 0.5) is 17.1 Å². The fourth-order valence-electron chi connectivity index (χ4n) is 9.12. The molecule has 1 aromatic heterocycles. The predicted molar refractivity (Wildman–Crippen MR) is 255 cm³/mol. The highest BCUT2D eigenvalue weighted by atomic mass is 15.2. The van der Waals surface area contributed by atoms with Gasteiger partial charge in [-0.2, -0.15) is 0 Å². The summed E-state index contributed by atoms with van der Waals surface area (Å²) in [5.41, 5.74) is 16.2. The average molecular weight is 765 g/mol. The van der Waals surface area contributed by atoms with E-state index in [0.717, 1.165) is 44.9 Å². The minimum Gasteiger partial charge on any atom is -0.309 e. The van der Waals surface area contributed by atoms with E-state index in [0.29, 0.717) is 0 Å². The molecule has 0 radical (unpaired) electrons. The van der Waals surface area contributed by atoms with E-state index >= 15 is 0 Å². The van der Waals surface area contributed by atoms with E-state index in [2.05, 4.69) is 252 Å². The first-order valence-corrected chi connectivity index (χ1v) is 20.6. The summed E-state index contributed by atoms with van der Waals surface area (Å²) in [6.07, 6.45) is 0. The van der Waals surface area contributed by atoms with Crippen LogP contribution in [0.1, 0.15) is 0 Å². The number of hydrogen-bond donors (Lipinski definition) is 0. The number of benzene rings is 10. The molecule has 10 aromatic carbocycles. The molecule has 0 amide bonds. The van der Waals surface area contributed by atoms with Crippen molar-refractivity contribution in [3.63, 3.8) is 0 Å². The second kappa shape index (κ2) is 15.1. The van der Waals surface area contributed by atoms with Crippen LogP contribution in [0.25, 0.3) is 82.8 Å². The molecule has 0 aliphatic rings. The molecule has 0 atom stereocenters. The van der Waals surface area contributed by atoms with Gasteiger partial charge in [0.15, 0.2) is 0 Å². The van der Waals surface area contributed by atoms with Gasteiger partial charge in [0.2, 0.25) is 0 Å². The van der Waals surface area contributed by atoms with Crippen molar-refractivity contribution >= 4 is 49.6 Å². The molecule has 0 aliphatic heterocycles. The molecular weight excluding hydrogens is 725 g/mol. The Bertz CT molecular complexity index is 3320. The largest absolute Gasteiger partial charge is 0.309 e. The van der Waals surface area contributed by atoms with Gasteiger partial charge in [0.05, 0.1) is 33.8 Å². The van der Waals surface area contributed by atoms with Crippen LogP contribution in [-0.4, -0.2) is 4.57 Å². The van der Waals surface area contributed by atoms with Gasteiger partial charge in [0.25, 0.3) is 0 Å². The third-order valence-corrected chi connectivity index (χ3v) is 11.8. The lowest BCUT2D eigenvalue weighted by molar-refractivity contribution is 1.18. The zero-order valence-electron chi connectivity index (χ0n) is 33.0. The molecule has 1 heterocycles. The van der Waals surface area contributed by atoms with Gasteiger partial charge in [-0.05, 0) is 81.1 Å². The van der Waals surface area contributed by atoms with Crippen LogP contribution in [0.3, 0.4) is 0 Å². The van der Waals surface area contributed by atoms with Gasteiger partial charge in [-0.25, -0.2) is 0 Å². The molecule has 0 fully saturated rings. The summed E-state index contributed by atoms with van der Waals surface area (Å²) in [6.45, 7) is 0. The zero-order chi connectivity index (χ0) is 39.8. The lowest BCUT2D eigenvalue weighted by Gasteiger charge is -2.31. The van der Waals surface area contributed by atoms with Crippen molar-refractivity contribution in [2.45, 2.75) is 0 Å². The number of aromatic nitrogens is 1. The van der Waals surface area contributed by atoms with Crippen LogP contribution >= 0.6 is 0 Å². The molecule has 2 nitrogen and oxygen atoms in total. The standard InChI is InChI=1S/C58H40N2/c1-3-21-42(22-4-1)46-26-9-10-29-49(46)50-30-13-17-34-54(50)59(52-32-15-11-27-47(52)43-23-5-2-6-24-43)56-36-19-37-57-58(56)51-31-14-18-35-55(51)60(57)53-33-16-12-28-48(53)45-39-38-41-20-7-8-25-44(41)40-45/h1-40H. The summed E-state index contributed by atoms with van der Waals surface area (Å²) in [4.78, 5) is 2.51. The maximum atomic E-state index is 2.51. The van der Waals surface area contributed by atoms with Crippen molar-refractivity contribution in [1.82, 2.24) is 4.57 Å². The van der Waals surface area contributed by atoms with E-state index in [4.69, 9.17) is 0 Å². The van der Waals surface area contributed by atoms with Crippen molar-refractivity contribution in [2.75, 3.05) is 4.90 Å². The van der Waals surface area contributed by atoms with Gasteiger partial charge in [0, 0.05) is 27.5 Å². The van der Waals surface area contributed by atoms with Crippen LogP contribution in [0.2, 0.25) is 0 Å². The normalized spacial score (nSPS) is 11.3. The summed E-state index contributed by atoms with van der Waals surface area (Å²) in [5, 5.41) is 4.86. The topological polar surface area (TPSA) is 8.17 Å². The quantitative estimate of drug-likeness (QED) is 0.150. The number of hydrogen-bond acceptors (Lipinski definition) is 1. The first kappa shape index (κ1) is 35.2. The van der Waals surface area contributed by atoms with Crippen molar-refractivity contribution < 1.29 is 0 Å². The predicted octanol–water partition coefficient (Wildman–Crippen LogP) is 16.1. The maximum Gasteiger partial charge on any atom is 0.0562 e. The van der Waals surface area contributed by atoms with Crippen LogP contribution in [-0.2, 0) is 0 Å². The summed E-state index contributed by atoms with van der Waals surface area (Å²) in [5.74, 6) is 0. The Hall–Kier alpha value is -7.94. The van der Waals surface area contributed by atoms with Crippen molar-refractivity contribution in [3.8, 4) is 50.2 Å². The Morgan fingerprint density at radius 2 is 0.800 bits per heavy atom. The first-order valence-electron chi connectivity index (χ1n) is 20.6. The first-order chi connectivity index (χ1) is 29.8. The molecule has 282 valence electrons. The van der Waals surface area contributed by atoms with Crippen LogP contribution in [0, 0.1) is 0 Å². The molecule has 0 saturated heterocycles. The summed E-state index contributed by atoms with van der Waals surface area (Å²) in [7, 11) is 0. The second-order valence-corrected chi connectivity index (χ2v) is 15.3. The Labute approximate surface area is 350 Å². The van der Waals surface area contributed by atoms with Gasteiger partial charge < -0.3 is 9.47 Å². The number of anilines is 3. The Kier molecular flexibility index (Phi) is 8.87. The molecule has 0 bridgehead atoms. The van der Waals surface area contributed by atoms with E-state index in [1.165, 1.54) is 54.9 Å². The number of rotatable bonds is 8. The van der Waals surface area contributed by atoms with Crippen LogP contribution < -0.4 is 4.90 Å². The zero-order valence-corrected chi connectivity index (χ0v) is 33.0. The number of para-hydroxylation sites is 4. The summed E-state index contributed by atoms with van der Waals surface area (Å²) < 4.78 is 2.47. The third kappa shape index (κ3) is 6.06. The molecule has 11 aromatic rings. The van der Waals surface area contributed by atoms with E-state index < -0.39 is 0 Å². The smallest absolute Gasteiger partial charge is 0.0562 e. The van der Waals surface area contributed by atoms with Gasteiger partial charge in [0.1, 0.15) is 0 Å². The Morgan fingerprint density at radius 3 is 1.57 bits per heavy atom. The summed E-state index contributed by atoms with van der Waals surface area (Å²) in [6, 6.07) is 88.0. The lowest BCUT2D eigenvalue weighted by Crippen LogP contribution is -2.13. The fraction of sp³-hybridized carbons (Fsp3) is 0. The molecule has 0 N–H and O–H groups in total. The number of fused-ring (bicyclic) bond motifs is 4. The van der Waals surface area contributed by atoms with Gasteiger partial charge in [-0.3, -0.25) is 0 Å².